The topological polar surface area (TPSA) is 62.5 Å². The Bertz CT molecular complexity index is 1120. The monoisotopic (exact) mass is 422 g/mol. The maximum absolute atomic E-state index is 13.4. The van der Waals surface area contributed by atoms with Crippen LogP contribution in [0, 0.1) is 5.82 Å². The van der Waals surface area contributed by atoms with E-state index in [9.17, 15) is 9.18 Å². The second-order valence-electron chi connectivity index (χ2n) is 9.33. The van der Waals surface area contributed by atoms with Gasteiger partial charge in [0.15, 0.2) is 5.58 Å². The molecule has 4 heterocycles. The molecule has 31 heavy (non-hydrogen) atoms. The predicted molar refractivity (Wildman–Crippen MR) is 116 cm³/mol. The molecule has 5 rings (SSSR count). The van der Waals surface area contributed by atoms with Crippen LogP contribution in [0.2, 0.25) is 0 Å². The summed E-state index contributed by atoms with van der Waals surface area (Å²) in [5.41, 5.74) is 2.98. The second kappa shape index (κ2) is 7.71. The van der Waals surface area contributed by atoms with Gasteiger partial charge in [-0.25, -0.2) is 4.39 Å². The summed E-state index contributed by atoms with van der Waals surface area (Å²) >= 11 is 0. The lowest BCUT2D eigenvalue weighted by Gasteiger charge is -2.40. The maximum atomic E-state index is 13.4. The third-order valence-electron chi connectivity index (χ3n) is 6.74. The van der Waals surface area contributed by atoms with E-state index < -0.39 is 0 Å². The molecule has 7 heteroatoms. The van der Waals surface area contributed by atoms with E-state index in [-0.39, 0.29) is 17.1 Å². The van der Waals surface area contributed by atoms with Crippen LogP contribution in [0.1, 0.15) is 54.4 Å². The van der Waals surface area contributed by atoms with Crippen molar-refractivity contribution in [3.05, 3.63) is 59.3 Å². The summed E-state index contributed by atoms with van der Waals surface area (Å²) in [6.45, 7) is 8.50. The highest BCUT2D eigenvalue weighted by Crippen LogP contribution is 2.34. The molecule has 3 aromatic rings. The van der Waals surface area contributed by atoms with Gasteiger partial charge in [0.2, 0.25) is 0 Å². The largest absolute Gasteiger partial charge is 0.356 e. The van der Waals surface area contributed by atoms with Gasteiger partial charge in [-0.2, -0.15) is 0 Å². The van der Waals surface area contributed by atoms with E-state index in [0.717, 1.165) is 49.1 Å². The van der Waals surface area contributed by atoms with E-state index in [1.54, 1.807) is 12.3 Å². The molecule has 2 aromatic heterocycles. The zero-order valence-corrected chi connectivity index (χ0v) is 18.0. The van der Waals surface area contributed by atoms with Gasteiger partial charge in [-0.15, -0.1) is 0 Å². The van der Waals surface area contributed by atoms with Gasteiger partial charge < -0.3 is 14.3 Å². The molecule has 0 radical (unpaired) electrons. The van der Waals surface area contributed by atoms with Crippen molar-refractivity contribution < 1.29 is 13.7 Å². The van der Waals surface area contributed by atoms with Crippen LogP contribution in [0.5, 0.6) is 0 Å². The van der Waals surface area contributed by atoms with Crippen LogP contribution in [-0.4, -0.2) is 58.6 Å². The second-order valence-corrected chi connectivity index (χ2v) is 9.33. The molecular formula is C24H27FN4O2. The highest BCUT2D eigenvalue weighted by atomic mass is 19.1. The molecule has 0 N–H and O–H groups in total. The van der Waals surface area contributed by atoms with Gasteiger partial charge in [0.05, 0.1) is 5.69 Å². The van der Waals surface area contributed by atoms with Crippen molar-refractivity contribution in [2.24, 2.45) is 0 Å². The fourth-order valence-corrected chi connectivity index (χ4v) is 5.00. The summed E-state index contributed by atoms with van der Waals surface area (Å²) < 4.78 is 18.8. The fourth-order valence-electron chi connectivity index (χ4n) is 5.00. The number of nitrogens with zero attached hydrogens (tertiary/aromatic N) is 4. The van der Waals surface area contributed by atoms with Crippen molar-refractivity contribution in [2.75, 3.05) is 32.7 Å². The molecule has 0 spiro atoms. The summed E-state index contributed by atoms with van der Waals surface area (Å²) in [6, 6.07) is 8.54. The molecule has 0 bridgehead atoms. The van der Waals surface area contributed by atoms with Crippen LogP contribution in [0.15, 0.2) is 41.1 Å². The van der Waals surface area contributed by atoms with Crippen molar-refractivity contribution >= 4 is 16.9 Å². The number of benzene rings is 1. The number of pyridine rings is 1. The minimum atomic E-state index is -0.307. The normalized spacial score (nSPS) is 19.7. The van der Waals surface area contributed by atoms with Crippen molar-refractivity contribution in [1.29, 1.82) is 0 Å². The van der Waals surface area contributed by atoms with Crippen LogP contribution in [0.4, 0.5) is 4.39 Å². The highest BCUT2D eigenvalue weighted by Gasteiger charge is 2.37. The van der Waals surface area contributed by atoms with E-state index in [1.807, 2.05) is 17.0 Å². The molecule has 1 aromatic carbocycles. The molecule has 2 aliphatic rings. The quantitative estimate of drug-likeness (QED) is 0.637. The van der Waals surface area contributed by atoms with Gasteiger partial charge in [0, 0.05) is 48.6 Å². The number of aromatic nitrogens is 2. The van der Waals surface area contributed by atoms with Gasteiger partial charge in [-0.3, -0.25) is 9.78 Å². The molecule has 1 amide bonds. The number of hydrogen-bond donors (Lipinski definition) is 0. The first-order valence-corrected chi connectivity index (χ1v) is 10.9. The Labute approximate surface area is 181 Å². The van der Waals surface area contributed by atoms with Crippen LogP contribution in [0.25, 0.3) is 11.0 Å². The van der Waals surface area contributed by atoms with E-state index >= 15 is 0 Å². The number of rotatable bonds is 4. The number of halogens is 1. The number of fused-ring (bicyclic) bond motifs is 2. The van der Waals surface area contributed by atoms with Gasteiger partial charge >= 0.3 is 0 Å². The maximum Gasteiger partial charge on any atom is 0.272 e. The predicted octanol–water partition coefficient (Wildman–Crippen LogP) is 3.97. The van der Waals surface area contributed by atoms with E-state index in [2.05, 4.69) is 28.9 Å². The number of hydrogen-bond acceptors (Lipinski definition) is 5. The third-order valence-corrected chi connectivity index (χ3v) is 6.74. The molecule has 162 valence electrons. The number of carbonyl (C=O) groups is 1. The Kier molecular flexibility index (Phi) is 5.01. The first-order valence-electron chi connectivity index (χ1n) is 10.9. The third kappa shape index (κ3) is 3.71. The fraction of sp³-hybridized carbons (Fsp3) is 0.458. The van der Waals surface area contributed by atoms with Gasteiger partial charge in [-0.05, 0) is 49.7 Å². The number of likely N-dealkylation sites (tertiary alicyclic amines) is 1. The lowest BCUT2D eigenvalue weighted by atomic mass is 9.80. The van der Waals surface area contributed by atoms with Crippen LogP contribution in [0.3, 0.4) is 0 Å². The Morgan fingerprint density at radius 3 is 2.81 bits per heavy atom. The van der Waals surface area contributed by atoms with E-state index in [1.165, 1.54) is 12.1 Å². The molecule has 6 nitrogen and oxygen atoms in total. The van der Waals surface area contributed by atoms with Gasteiger partial charge in [-0.1, -0.05) is 25.1 Å². The van der Waals surface area contributed by atoms with Crippen molar-refractivity contribution in [3.63, 3.8) is 0 Å². The summed E-state index contributed by atoms with van der Waals surface area (Å²) in [5.74, 6) is 0.0407. The average molecular weight is 423 g/mol. The van der Waals surface area contributed by atoms with Crippen molar-refractivity contribution in [1.82, 2.24) is 19.9 Å². The summed E-state index contributed by atoms with van der Waals surface area (Å²) in [7, 11) is 0. The number of carbonyl (C=O) groups excluding carboxylic acids is 1. The average Bonchev–Trinajstić information content (AvgIpc) is 3.19. The molecular weight excluding hydrogens is 395 g/mol. The Morgan fingerprint density at radius 1 is 1.19 bits per heavy atom. The van der Waals surface area contributed by atoms with Gasteiger partial charge in [0.25, 0.3) is 5.91 Å². The molecule has 0 aliphatic carbocycles. The SMILES string of the molecule is CC1(C)CN(CCN2CCC(c3noc4cc(F)ccc34)CC2)C(=O)c2ncccc21. The Balaban J connectivity index is 1.20. The van der Waals surface area contributed by atoms with Crippen molar-refractivity contribution in [3.8, 4) is 0 Å². The lowest BCUT2D eigenvalue weighted by molar-refractivity contribution is 0.0647. The van der Waals surface area contributed by atoms with Crippen LogP contribution >= 0.6 is 0 Å². The molecule has 1 fully saturated rings. The van der Waals surface area contributed by atoms with E-state index in [4.69, 9.17) is 4.52 Å². The van der Waals surface area contributed by atoms with Gasteiger partial charge in [0.1, 0.15) is 11.5 Å². The molecule has 1 saturated heterocycles. The highest BCUT2D eigenvalue weighted by molar-refractivity contribution is 5.95. The Hall–Kier alpha value is -2.80. The number of piperidine rings is 1. The van der Waals surface area contributed by atoms with E-state index in [0.29, 0.717) is 30.3 Å². The standard InChI is InChI=1S/C24H27FN4O2/c1-24(2)15-29(23(30)22-19(24)4-3-9-26-22)13-12-28-10-7-16(8-11-28)21-18-6-5-17(25)14-20(18)31-27-21/h3-6,9,14,16H,7-8,10-13,15H2,1-2H3. The minimum Gasteiger partial charge on any atom is -0.356 e. The van der Waals surface area contributed by atoms with Crippen LogP contribution < -0.4 is 0 Å². The zero-order chi connectivity index (χ0) is 21.6. The molecule has 2 aliphatic heterocycles. The zero-order valence-electron chi connectivity index (χ0n) is 18.0. The van der Waals surface area contributed by atoms with Crippen molar-refractivity contribution in [2.45, 2.75) is 38.0 Å². The smallest absolute Gasteiger partial charge is 0.272 e. The minimum absolute atomic E-state index is 0.0334. The van der Waals surface area contributed by atoms with Crippen LogP contribution in [-0.2, 0) is 5.41 Å². The molecule has 0 atom stereocenters. The first-order chi connectivity index (χ1) is 14.9. The summed E-state index contributed by atoms with van der Waals surface area (Å²) in [4.78, 5) is 21.7. The number of amides is 1. The Morgan fingerprint density at radius 2 is 2.00 bits per heavy atom. The lowest BCUT2D eigenvalue weighted by Crippen LogP contribution is -2.50. The first kappa shape index (κ1) is 20.1. The summed E-state index contributed by atoms with van der Waals surface area (Å²) in [6.07, 6.45) is 3.65. The summed E-state index contributed by atoms with van der Waals surface area (Å²) in [5, 5.41) is 5.14. The molecule has 0 unspecified atom stereocenters. The molecule has 0 saturated carbocycles.